The third-order valence-corrected chi connectivity index (χ3v) is 5.47. The van der Waals surface area contributed by atoms with Crippen LogP contribution in [0.1, 0.15) is 51.4 Å². The van der Waals surface area contributed by atoms with Crippen LogP contribution in [0.4, 0.5) is 0 Å². The van der Waals surface area contributed by atoms with E-state index in [9.17, 15) is 9.59 Å². The summed E-state index contributed by atoms with van der Waals surface area (Å²) in [6.07, 6.45) is 7.54. The number of methoxy groups -OCH3 is 1. The molecule has 0 heterocycles. The fraction of sp³-hybridized carbons (Fsp3) is 0.889. The summed E-state index contributed by atoms with van der Waals surface area (Å²) in [6.45, 7) is 1.48. The Kier molecular flexibility index (Phi) is 8.12. The smallest absolute Gasteiger partial charge is 0.246 e. The molecule has 0 bridgehead atoms. The van der Waals surface area contributed by atoms with Gasteiger partial charge in [0, 0.05) is 25.6 Å². The molecule has 0 radical (unpaired) electrons. The number of hydrogen-bond acceptors (Lipinski definition) is 5. The number of nitrogens with one attached hydrogen (secondary N) is 2. The van der Waals surface area contributed by atoms with E-state index in [0.29, 0.717) is 19.8 Å². The first-order chi connectivity index (χ1) is 12.1. The lowest BCUT2D eigenvalue weighted by atomic mass is 9.84. The van der Waals surface area contributed by atoms with Crippen LogP contribution in [-0.2, 0) is 19.1 Å². The lowest BCUT2D eigenvalue weighted by Gasteiger charge is -2.33. The quantitative estimate of drug-likeness (QED) is 0.529. The second-order valence-corrected chi connectivity index (χ2v) is 7.34. The first-order valence-corrected chi connectivity index (χ1v) is 9.47. The van der Waals surface area contributed by atoms with Gasteiger partial charge in [-0.1, -0.05) is 12.8 Å². The molecule has 7 heteroatoms. The van der Waals surface area contributed by atoms with Gasteiger partial charge in [-0.05, 0) is 38.5 Å². The highest BCUT2D eigenvalue weighted by Crippen LogP contribution is 2.31. The minimum atomic E-state index is -0.179. The molecule has 0 aromatic rings. The third-order valence-electron chi connectivity index (χ3n) is 5.47. The van der Waals surface area contributed by atoms with Crippen molar-refractivity contribution in [1.82, 2.24) is 10.6 Å². The Morgan fingerprint density at radius 2 is 1.80 bits per heavy atom. The average molecular weight is 355 g/mol. The summed E-state index contributed by atoms with van der Waals surface area (Å²) in [5.41, 5.74) is 5.72. The second-order valence-electron chi connectivity index (χ2n) is 7.34. The van der Waals surface area contributed by atoms with Gasteiger partial charge < -0.3 is 25.8 Å². The molecule has 0 aliphatic heterocycles. The molecule has 4 N–H and O–H groups in total. The molecule has 0 aromatic carbocycles. The molecule has 0 atom stereocenters. The lowest BCUT2D eigenvalue weighted by Crippen LogP contribution is -2.54. The first-order valence-electron chi connectivity index (χ1n) is 9.47. The summed E-state index contributed by atoms with van der Waals surface area (Å²) in [6, 6.07) is 0.137. The van der Waals surface area contributed by atoms with Crippen LogP contribution in [0, 0.1) is 5.92 Å². The van der Waals surface area contributed by atoms with Crippen LogP contribution in [0.3, 0.4) is 0 Å². The fourth-order valence-electron chi connectivity index (χ4n) is 3.87. The SMILES string of the molecule is COCCOCC(=O)NC1CCC(C(=O)NC2(CN)CCCC2)CC1. The zero-order chi connectivity index (χ0) is 18.1. The number of carbonyl (C=O) groups is 2. The van der Waals surface area contributed by atoms with E-state index in [-0.39, 0.29) is 35.9 Å². The van der Waals surface area contributed by atoms with E-state index in [1.807, 2.05) is 0 Å². The number of hydrogen-bond donors (Lipinski definition) is 3. The van der Waals surface area contributed by atoms with Gasteiger partial charge in [-0.3, -0.25) is 9.59 Å². The van der Waals surface area contributed by atoms with Gasteiger partial charge in [0.15, 0.2) is 0 Å². The predicted octanol–water partition coefficient (Wildman–Crippen LogP) is 0.712. The molecule has 0 spiro atoms. The van der Waals surface area contributed by atoms with Gasteiger partial charge in [-0.25, -0.2) is 0 Å². The van der Waals surface area contributed by atoms with Crippen molar-refractivity contribution in [1.29, 1.82) is 0 Å². The summed E-state index contributed by atoms with van der Waals surface area (Å²) < 4.78 is 10.1. The van der Waals surface area contributed by atoms with E-state index < -0.39 is 0 Å². The highest BCUT2D eigenvalue weighted by atomic mass is 16.5. The van der Waals surface area contributed by atoms with Crippen molar-refractivity contribution in [3.63, 3.8) is 0 Å². The molecule has 25 heavy (non-hydrogen) atoms. The molecule has 0 unspecified atom stereocenters. The minimum absolute atomic E-state index is 0.0372. The van der Waals surface area contributed by atoms with Gasteiger partial charge in [-0.2, -0.15) is 0 Å². The van der Waals surface area contributed by atoms with Crippen LogP contribution in [0.5, 0.6) is 0 Å². The van der Waals surface area contributed by atoms with E-state index in [4.69, 9.17) is 15.2 Å². The predicted molar refractivity (Wildman–Crippen MR) is 95.0 cm³/mol. The molecule has 2 fully saturated rings. The van der Waals surface area contributed by atoms with Gasteiger partial charge in [0.1, 0.15) is 6.61 Å². The summed E-state index contributed by atoms with van der Waals surface area (Å²) in [5, 5.41) is 6.21. The van der Waals surface area contributed by atoms with Crippen molar-refractivity contribution >= 4 is 11.8 Å². The van der Waals surface area contributed by atoms with Crippen LogP contribution in [0.15, 0.2) is 0 Å². The molecule has 2 saturated carbocycles. The fourth-order valence-corrected chi connectivity index (χ4v) is 3.87. The first kappa shape index (κ1) is 20.1. The van der Waals surface area contributed by atoms with E-state index in [0.717, 1.165) is 51.4 Å². The Balaban J connectivity index is 1.67. The van der Waals surface area contributed by atoms with E-state index >= 15 is 0 Å². The largest absolute Gasteiger partial charge is 0.382 e. The Labute approximate surface area is 150 Å². The van der Waals surface area contributed by atoms with Crippen molar-refractivity contribution in [3.8, 4) is 0 Å². The van der Waals surface area contributed by atoms with Crippen LogP contribution in [0.2, 0.25) is 0 Å². The minimum Gasteiger partial charge on any atom is -0.382 e. The number of ether oxygens (including phenoxy) is 2. The van der Waals surface area contributed by atoms with Gasteiger partial charge in [-0.15, -0.1) is 0 Å². The van der Waals surface area contributed by atoms with Crippen molar-refractivity contribution in [3.05, 3.63) is 0 Å². The molecule has 2 amide bonds. The topological polar surface area (TPSA) is 103 Å². The molecule has 0 saturated heterocycles. The van der Waals surface area contributed by atoms with Gasteiger partial charge in [0.2, 0.25) is 11.8 Å². The van der Waals surface area contributed by atoms with Crippen molar-refractivity contribution in [2.24, 2.45) is 11.7 Å². The van der Waals surface area contributed by atoms with E-state index in [1.165, 1.54) is 0 Å². The van der Waals surface area contributed by atoms with Gasteiger partial charge in [0.05, 0.1) is 18.8 Å². The summed E-state index contributed by atoms with van der Waals surface area (Å²) in [7, 11) is 1.60. The van der Waals surface area contributed by atoms with Crippen LogP contribution in [0.25, 0.3) is 0 Å². The molecule has 144 valence electrons. The van der Waals surface area contributed by atoms with E-state index in [1.54, 1.807) is 7.11 Å². The maximum absolute atomic E-state index is 12.6. The molecule has 2 aliphatic carbocycles. The summed E-state index contributed by atoms with van der Waals surface area (Å²) in [5.74, 6) is 0.0761. The highest BCUT2D eigenvalue weighted by Gasteiger charge is 2.36. The van der Waals surface area contributed by atoms with Gasteiger partial charge in [0.25, 0.3) is 0 Å². The molecule has 0 aromatic heterocycles. The summed E-state index contributed by atoms with van der Waals surface area (Å²) in [4.78, 5) is 24.4. The maximum atomic E-state index is 12.6. The van der Waals surface area contributed by atoms with Crippen LogP contribution < -0.4 is 16.4 Å². The highest BCUT2D eigenvalue weighted by molar-refractivity contribution is 5.80. The van der Waals surface area contributed by atoms with Crippen LogP contribution >= 0.6 is 0 Å². The Bertz CT molecular complexity index is 430. The molecular weight excluding hydrogens is 322 g/mol. The Hall–Kier alpha value is -1.18. The van der Waals surface area contributed by atoms with Gasteiger partial charge >= 0.3 is 0 Å². The monoisotopic (exact) mass is 355 g/mol. The Morgan fingerprint density at radius 1 is 1.12 bits per heavy atom. The van der Waals surface area contributed by atoms with Crippen molar-refractivity contribution in [2.75, 3.05) is 33.5 Å². The average Bonchev–Trinajstić information content (AvgIpc) is 3.08. The zero-order valence-corrected chi connectivity index (χ0v) is 15.4. The summed E-state index contributed by atoms with van der Waals surface area (Å²) >= 11 is 0. The van der Waals surface area contributed by atoms with Crippen LogP contribution in [-0.4, -0.2) is 56.9 Å². The zero-order valence-electron chi connectivity index (χ0n) is 15.4. The standard InChI is InChI=1S/C18H33N3O4/c1-24-10-11-25-12-16(22)20-15-6-4-14(5-7-15)17(23)21-18(13-19)8-2-3-9-18/h14-15H,2-13,19H2,1H3,(H,20,22)(H,21,23). The normalized spacial score (nSPS) is 25.5. The number of amides is 2. The third kappa shape index (κ3) is 6.24. The molecule has 2 rings (SSSR count). The number of carbonyl (C=O) groups excluding carboxylic acids is 2. The maximum Gasteiger partial charge on any atom is 0.246 e. The molecule has 7 nitrogen and oxygen atoms in total. The van der Waals surface area contributed by atoms with Crippen molar-refractivity contribution in [2.45, 2.75) is 62.9 Å². The molecular formula is C18H33N3O4. The number of nitrogens with two attached hydrogens (primary N) is 1. The van der Waals surface area contributed by atoms with E-state index in [2.05, 4.69) is 10.6 Å². The lowest BCUT2D eigenvalue weighted by molar-refractivity contribution is -0.128. The second kappa shape index (κ2) is 10.1. The van der Waals surface area contributed by atoms with Crippen molar-refractivity contribution < 1.29 is 19.1 Å². The molecule has 2 aliphatic rings. The number of rotatable bonds is 9. The Morgan fingerprint density at radius 3 is 2.40 bits per heavy atom.